The lowest BCUT2D eigenvalue weighted by atomic mass is 9.98. The topological polar surface area (TPSA) is 53.4 Å². The van der Waals surface area contributed by atoms with E-state index in [0.717, 1.165) is 41.9 Å². The van der Waals surface area contributed by atoms with Crippen molar-refractivity contribution in [2.45, 2.75) is 51.2 Å². The highest BCUT2D eigenvalue weighted by atomic mass is 32.1. The first-order chi connectivity index (χ1) is 11.4. The molecule has 0 spiro atoms. The van der Waals surface area contributed by atoms with Gasteiger partial charge < -0.3 is 10.0 Å². The number of aromatic nitrogens is 1. The fraction of sp³-hybridized carbons (Fsp3) is 0.474. The number of carbonyl (C=O) groups excluding carboxylic acids is 1. The van der Waals surface area contributed by atoms with E-state index >= 15 is 0 Å². The van der Waals surface area contributed by atoms with Gasteiger partial charge in [0.25, 0.3) is 5.91 Å². The van der Waals surface area contributed by atoms with E-state index in [4.69, 9.17) is 0 Å². The van der Waals surface area contributed by atoms with Gasteiger partial charge >= 0.3 is 0 Å². The molecule has 2 aromatic rings. The van der Waals surface area contributed by atoms with Gasteiger partial charge in [0.1, 0.15) is 5.01 Å². The molecule has 1 unspecified atom stereocenters. The maximum atomic E-state index is 12.8. The highest BCUT2D eigenvalue weighted by Gasteiger charge is 2.32. The number of hydrogen-bond acceptors (Lipinski definition) is 4. The Hall–Kier alpha value is -1.72. The largest absolute Gasteiger partial charge is 0.390 e. The molecule has 2 heterocycles. The number of aryl methyl sites for hydroxylation is 1. The number of hydrogen-bond donors (Lipinski definition) is 1. The lowest BCUT2D eigenvalue weighted by molar-refractivity contribution is 0.0710. The first-order valence-corrected chi connectivity index (χ1v) is 9.34. The lowest BCUT2D eigenvalue weighted by Gasteiger charge is -2.23. The second-order valence-electron chi connectivity index (χ2n) is 7.04. The number of amides is 1. The van der Waals surface area contributed by atoms with Gasteiger partial charge in [-0.3, -0.25) is 4.79 Å². The molecule has 5 heteroatoms. The lowest BCUT2D eigenvalue weighted by Crippen LogP contribution is -2.30. The maximum absolute atomic E-state index is 12.8. The van der Waals surface area contributed by atoms with E-state index in [9.17, 15) is 9.90 Å². The van der Waals surface area contributed by atoms with Gasteiger partial charge in [0.2, 0.25) is 0 Å². The molecule has 24 heavy (non-hydrogen) atoms. The molecule has 1 aliphatic rings. The molecule has 0 radical (unpaired) electrons. The fourth-order valence-corrected chi connectivity index (χ4v) is 3.88. The van der Waals surface area contributed by atoms with Crippen LogP contribution in [0.1, 0.15) is 60.1 Å². The van der Waals surface area contributed by atoms with Crippen molar-refractivity contribution in [2.24, 2.45) is 0 Å². The van der Waals surface area contributed by atoms with Crippen molar-refractivity contribution in [3.63, 3.8) is 0 Å². The van der Waals surface area contributed by atoms with Gasteiger partial charge in [-0.15, -0.1) is 11.3 Å². The van der Waals surface area contributed by atoms with Gasteiger partial charge in [-0.1, -0.05) is 12.1 Å². The summed E-state index contributed by atoms with van der Waals surface area (Å²) in [5.41, 5.74) is 1.21. The highest BCUT2D eigenvalue weighted by molar-refractivity contribution is 7.09. The Bertz CT molecular complexity index is 674. The normalized spacial score (nSPS) is 18.1. The molecule has 1 aromatic carbocycles. The number of rotatable bonds is 5. The third kappa shape index (κ3) is 4.02. The molecule has 1 fully saturated rings. The highest BCUT2D eigenvalue weighted by Crippen LogP contribution is 2.34. The number of benzene rings is 1. The molecule has 1 atom stereocenters. The third-order valence-electron chi connectivity index (χ3n) is 4.48. The smallest absolute Gasteiger partial charge is 0.254 e. The van der Waals surface area contributed by atoms with Gasteiger partial charge in [-0.05, 0) is 57.2 Å². The molecule has 1 N–H and O–H groups in total. The van der Waals surface area contributed by atoms with Gasteiger partial charge in [-0.25, -0.2) is 4.98 Å². The summed E-state index contributed by atoms with van der Waals surface area (Å²) in [5.74, 6) is 0.0849. The zero-order chi connectivity index (χ0) is 17.2. The zero-order valence-corrected chi connectivity index (χ0v) is 15.1. The summed E-state index contributed by atoms with van der Waals surface area (Å²) in [6, 6.07) is 7.91. The van der Waals surface area contributed by atoms with Crippen molar-refractivity contribution >= 4 is 17.2 Å². The molecule has 3 rings (SSSR count). The summed E-state index contributed by atoms with van der Waals surface area (Å²) in [5, 5.41) is 12.8. The number of thiazole rings is 1. The van der Waals surface area contributed by atoms with Crippen molar-refractivity contribution in [3.05, 3.63) is 52.0 Å². The summed E-state index contributed by atoms with van der Waals surface area (Å²) in [4.78, 5) is 19.2. The van der Waals surface area contributed by atoms with Gasteiger partial charge in [-0.2, -0.15) is 0 Å². The average molecular weight is 344 g/mol. The van der Waals surface area contributed by atoms with Crippen LogP contribution >= 0.6 is 11.3 Å². The van der Waals surface area contributed by atoms with Crippen molar-refractivity contribution in [3.8, 4) is 0 Å². The number of aliphatic hydroxyl groups is 1. The van der Waals surface area contributed by atoms with E-state index < -0.39 is 5.60 Å². The first kappa shape index (κ1) is 17.1. The van der Waals surface area contributed by atoms with Gasteiger partial charge in [0.05, 0.1) is 11.6 Å². The van der Waals surface area contributed by atoms with Crippen LogP contribution in [0.25, 0.3) is 0 Å². The van der Waals surface area contributed by atoms with E-state index in [-0.39, 0.29) is 11.9 Å². The van der Waals surface area contributed by atoms with Crippen LogP contribution in [-0.4, -0.2) is 33.0 Å². The van der Waals surface area contributed by atoms with Gasteiger partial charge in [0, 0.05) is 23.7 Å². The number of likely N-dealkylation sites (tertiary alicyclic amines) is 1. The Balaban J connectivity index is 1.68. The molecule has 1 amide bonds. The van der Waals surface area contributed by atoms with E-state index in [0.29, 0.717) is 6.42 Å². The molecule has 1 saturated heterocycles. The second kappa shape index (κ2) is 7.03. The minimum Gasteiger partial charge on any atom is -0.390 e. The average Bonchev–Trinajstić information content (AvgIpc) is 3.22. The monoisotopic (exact) mass is 344 g/mol. The van der Waals surface area contributed by atoms with E-state index in [2.05, 4.69) is 4.98 Å². The summed E-state index contributed by atoms with van der Waals surface area (Å²) < 4.78 is 0. The minimum atomic E-state index is -0.662. The van der Waals surface area contributed by atoms with Crippen molar-refractivity contribution in [1.29, 1.82) is 0 Å². The quantitative estimate of drug-likeness (QED) is 0.897. The van der Waals surface area contributed by atoms with Crippen LogP contribution in [0.4, 0.5) is 0 Å². The van der Waals surface area contributed by atoms with Crippen LogP contribution in [0.5, 0.6) is 0 Å². The third-order valence-corrected chi connectivity index (χ3v) is 5.35. The van der Waals surface area contributed by atoms with Crippen LogP contribution in [0.2, 0.25) is 0 Å². The molecule has 1 aliphatic heterocycles. The minimum absolute atomic E-state index is 0.0849. The molecule has 0 bridgehead atoms. The molecule has 4 nitrogen and oxygen atoms in total. The SMILES string of the molecule is CC(C)(O)CCc1ccc(C(=O)N2CCCC2c2nccs2)cc1. The fourth-order valence-electron chi connectivity index (χ4n) is 3.10. The molecule has 128 valence electrons. The standard InChI is InChI=1S/C19H24N2O2S/c1-19(2,23)10-9-14-5-7-15(8-6-14)18(22)21-12-3-4-16(21)17-20-11-13-24-17/h5-8,11,13,16,23H,3-4,9-10,12H2,1-2H3. The predicted octanol–water partition coefficient (Wildman–Crippen LogP) is 3.82. The summed E-state index contributed by atoms with van der Waals surface area (Å²) >= 11 is 1.62. The number of carbonyl (C=O) groups is 1. The van der Waals surface area contributed by atoms with E-state index in [1.165, 1.54) is 0 Å². The summed E-state index contributed by atoms with van der Waals surface area (Å²) in [7, 11) is 0. The van der Waals surface area contributed by atoms with Crippen molar-refractivity contribution in [2.75, 3.05) is 6.54 Å². The van der Waals surface area contributed by atoms with Gasteiger partial charge in [0.15, 0.2) is 0 Å². The first-order valence-electron chi connectivity index (χ1n) is 8.46. The Labute approximate surface area is 147 Å². The van der Waals surface area contributed by atoms with Crippen LogP contribution in [0.15, 0.2) is 35.8 Å². The predicted molar refractivity (Wildman–Crippen MR) is 96.2 cm³/mol. The molecular formula is C19H24N2O2S. The van der Waals surface area contributed by atoms with E-state index in [1.54, 1.807) is 17.5 Å². The number of nitrogens with zero attached hydrogens (tertiary/aromatic N) is 2. The van der Waals surface area contributed by atoms with E-state index in [1.807, 2.05) is 48.4 Å². The molecule has 1 aromatic heterocycles. The second-order valence-corrected chi connectivity index (χ2v) is 7.96. The Morgan fingerprint density at radius 2 is 2.12 bits per heavy atom. The van der Waals surface area contributed by atoms with Crippen LogP contribution < -0.4 is 0 Å². The van der Waals surface area contributed by atoms with Crippen LogP contribution in [0.3, 0.4) is 0 Å². The zero-order valence-electron chi connectivity index (χ0n) is 14.2. The van der Waals surface area contributed by atoms with Crippen LogP contribution in [0, 0.1) is 0 Å². The Morgan fingerprint density at radius 1 is 1.38 bits per heavy atom. The Morgan fingerprint density at radius 3 is 2.75 bits per heavy atom. The summed E-state index contributed by atoms with van der Waals surface area (Å²) in [6.45, 7) is 4.43. The molecular weight excluding hydrogens is 320 g/mol. The maximum Gasteiger partial charge on any atom is 0.254 e. The Kier molecular flexibility index (Phi) is 5.01. The van der Waals surface area contributed by atoms with Crippen molar-refractivity contribution < 1.29 is 9.90 Å². The van der Waals surface area contributed by atoms with Crippen molar-refractivity contribution in [1.82, 2.24) is 9.88 Å². The molecule has 0 aliphatic carbocycles. The van der Waals surface area contributed by atoms with Crippen LogP contribution in [-0.2, 0) is 6.42 Å². The summed E-state index contributed by atoms with van der Waals surface area (Å²) in [6.07, 6.45) is 5.34. The molecule has 0 saturated carbocycles.